The number of rotatable bonds is 5. The monoisotopic (exact) mass is 316 g/mol. The lowest BCUT2D eigenvalue weighted by atomic mass is 10.2. The minimum absolute atomic E-state index is 0.307. The van der Waals surface area contributed by atoms with E-state index in [4.69, 9.17) is 9.47 Å². The smallest absolute Gasteiger partial charge is 0.323 e. The molecule has 0 saturated carbocycles. The predicted molar refractivity (Wildman–Crippen MR) is 87.1 cm³/mol. The SMILES string of the molecule is COc1ccc(OC)c(NC(=O)N/C=C/c2ccc(F)cc2)c1. The van der Waals surface area contributed by atoms with Gasteiger partial charge in [0.2, 0.25) is 0 Å². The molecule has 0 saturated heterocycles. The summed E-state index contributed by atoms with van der Waals surface area (Å²) in [6, 6.07) is 10.6. The number of benzene rings is 2. The van der Waals surface area contributed by atoms with E-state index in [1.807, 2.05) is 0 Å². The lowest BCUT2D eigenvalue weighted by molar-refractivity contribution is 0.255. The van der Waals surface area contributed by atoms with Crippen LogP contribution in [0.25, 0.3) is 6.08 Å². The second-order valence-electron chi connectivity index (χ2n) is 4.55. The van der Waals surface area contributed by atoms with Crippen molar-refractivity contribution >= 4 is 17.8 Å². The summed E-state index contributed by atoms with van der Waals surface area (Å²) in [5.74, 6) is 0.810. The lowest BCUT2D eigenvalue weighted by Crippen LogP contribution is -2.24. The molecule has 2 aromatic rings. The van der Waals surface area contributed by atoms with E-state index in [1.54, 1.807) is 36.4 Å². The Kier molecular flexibility index (Phi) is 5.57. The lowest BCUT2D eigenvalue weighted by Gasteiger charge is -2.11. The van der Waals surface area contributed by atoms with E-state index in [9.17, 15) is 9.18 Å². The Morgan fingerprint density at radius 1 is 1.09 bits per heavy atom. The van der Waals surface area contributed by atoms with Gasteiger partial charge in [0.1, 0.15) is 17.3 Å². The molecule has 2 amide bonds. The van der Waals surface area contributed by atoms with Gasteiger partial charge in [-0.3, -0.25) is 0 Å². The maximum atomic E-state index is 12.8. The van der Waals surface area contributed by atoms with Gasteiger partial charge in [-0.25, -0.2) is 9.18 Å². The zero-order valence-electron chi connectivity index (χ0n) is 12.8. The van der Waals surface area contributed by atoms with Gasteiger partial charge in [0, 0.05) is 12.3 Å². The molecule has 2 rings (SSSR count). The molecule has 0 heterocycles. The fourth-order valence-electron chi connectivity index (χ4n) is 1.86. The van der Waals surface area contributed by atoms with Crippen molar-refractivity contribution in [2.75, 3.05) is 19.5 Å². The van der Waals surface area contributed by atoms with E-state index in [0.717, 1.165) is 5.56 Å². The fourth-order valence-corrected chi connectivity index (χ4v) is 1.86. The molecule has 23 heavy (non-hydrogen) atoms. The number of carbonyl (C=O) groups excluding carboxylic acids is 1. The van der Waals surface area contributed by atoms with E-state index in [2.05, 4.69) is 10.6 Å². The average Bonchev–Trinajstić information content (AvgIpc) is 2.56. The van der Waals surface area contributed by atoms with Crippen molar-refractivity contribution in [3.63, 3.8) is 0 Å². The first-order valence-corrected chi connectivity index (χ1v) is 6.84. The molecule has 120 valence electrons. The molecule has 0 radical (unpaired) electrons. The molecule has 0 aromatic heterocycles. The van der Waals surface area contributed by atoms with Gasteiger partial charge in [-0.1, -0.05) is 12.1 Å². The van der Waals surface area contributed by atoms with Crippen LogP contribution in [-0.4, -0.2) is 20.3 Å². The van der Waals surface area contributed by atoms with Gasteiger partial charge < -0.3 is 20.1 Å². The molecule has 6 heteroatoms. The first kappa shape index (κ1) is 16.4. The second-order valence-corrected chi connectivity index (χ2v) is 4.55. The fraction of sp³-hybridized carbons (Fsp3) is 0.118. The van der Waals surface area contributed by atoms with Gasteiger partial charge in [-0.2, -0.15) is 0 Å². The third-order valence-electron chi connectivity index (χ3n) is 3.02. The first-order valence-electron chi connectivity index (χ1n) is 6.84. The summed E-state index contributed by atoms with van der Waals surface area (Å²) in [6.07, 6.45) is 3.12. The van der Waals surface area contributed by atoms with Gasteiger partial charge in [0.15, 0.2) is 0 Å². The van der Waals surface area contributed by atoms with Gasteiger partial charge in [0.25, 0.3) is 0 Å². The van der Waals surface area contributed by atoms with Crippen LogP contribution in [0.3, 0.4) is 0 Å². The van der Waals surface area contributed by atoms with Crippen molar-refractivity contribution in [1.82, 2.24) is 5.32 Å². The number of methoxy groups -OCH3 is 2. The minimum Gasteiger partial charge on any atom is -0.497 e. The normalized spacial score (nSPS) is 10.4. The van der Waals surface area contributed by atoms with Crippen molar-refractivity contribution < 1.29 is 18.7 Å². The standard InChI is InChI=1S/C17H17FN2O3/c1-22-14-7-8-16(23-2)15(11-14)20-17(21)19-10-9-12-3-5-13(18)6-4-12/h3-11H,1-2H3,(H2,19,20,21)/b10-9+. The highest BCUT2D eigenvalue weighted by Gasteiger charge is 2.07. The van der Waals surface area contributed by atoms with Crippen molar-refractivity contribution in [1.29, 1.82) is 0 Å². The molecular formula is C17H17FN2O3. The second kappa shape index (κ2) is 7.84. The van der Waals surface area contributed by atoms with E-state index in [1.165, 1.54) is 32.6 Å². The predicted octanol–water partition coefficient (Wildman–Crippen LogP) is 3.64. The van der Waals surface area contributed by atoms with Gasteiger partial charge >= 0.3 is 6.03 Å². The zero-order chi connectivity index (χ0) is 16.7. The van der Waals surface area contributed by atoms with Crippen molar-refractivity contribution in [2.45, 2.75) is 0 Å². The van der Waals surface area contributed by atoms with Crippen LogP contribution in [0.2, 0.25) is 0 Å². The summed E-state index contributed by atoms with van der Waals surface area (Å²) in [5, 5.41) is 5.23. The van der Waals surface area contributed by atoms with Crippen LogP contribution in [0.4, 0.5) is 14.9 Å². The Bertz CT molecular complexity index is 699. The van der Waals surface area contributed by atoms with Gasteiger partial charge in [-0.05, 0) is 35.9 Å². The summed E-state index contributed by atoms with van der Waals surface area (Å²) >= 11 is 0. The Morgan fingerprint density at radius 3 is 2.48 bits per heavy atom. The molecule has 0 aliphatic heterocycles. The van der Waals surface area contributed by atoms with Crippen molar-refractivity contribution in [3.8, 4) is 11.5 Å². The summed E-state index contributed by atoms with van der Waals surface area (Å²) in [7, 11) is 3.05. The van der Waals surface area contributed by atoms with E-state index >= 15 is 0 Å². The van der Waals surface area contributed by atoms with Crippen LogP contribution in [-0.2, 0) is 0 Å². The number of urea groups is 1. The van der Waals surface area contributed by atoms with Crippen LogP contribution in [0, 0.1) is 5.82 Å². The number of nitrogens with one attached hydrogen (secondary N) is 2. The number of halogens is 1. The molecule has 0 aliphatic carbocycles. The Labute approximate surface area is 133 Å². The Morgan fingerprint density at radius 2 is 1.83 bits per heavy atom. The molecule has 0 fully saturated rings. The summed E-state index contributed by atoms with van der Waals surface area (Å²) in [4.78, 5) is 11.9. The Balaban J connectivity index is 1.98. The maximum Gasteiger partial charge on any atom is 0.323 e. The number of ether oxygens (including phenoxy) is 2. The number of hydrogen-bond acceptors (Lipinski definition) is 3. The van der Waals surface area contributed by atoms with E-state index in [0.29, 0.717) is 17.2 Å². The number of carbonyl (C=O) groups is 1. The topological polar surface area (TPSA) is 59.6 Å². The summed E-state index contributed by atoms with van der Waals surface area (Å²) in [5.41, 5.74) is 1.25. The van der Waals surface area contributed by atoms with Crippen molar-refractivity contribution in [3.05, 3.63) is 60.0 Å². The van der Waals surface area contributed by atoms with Crippen LogP contribution < -0.4 is 20.1 Å². The molecule has 5 nitrogen and oxygen atoms in total. The highest BCUT2D eigenvalue weighted by Crippen LogP contribution is 2.28. The molecule has 0 unspecified atom stereocenters. The molecule has 2 aromatic carbocycles. The molecule has 0 bridgehead atoms. The average molecular weight is 316 g/mol. The Hall–Kier alpha value is -3.02. The number of anilines is 1. The molecule has 0 atom stereocenters. The van der Waals surface area contributed by atoms with Crippen LogP contribution in [0.1, 0.15) is 5.56 Å². The van der Waals surface area contributed by atoms with Gasteiger partial charge in [0.05, 0.1) is 19.9 Å². The van der Waals surface area contributed by atoms with Gasteiger partial charge in [-0.15, -0.1) is 0 Å². The summed E-state index contributed by atoms with van der Waals surface area (Å²) in [6.45, 7) is 0. The van der Waals surface area contributed by atoms with E-state index < -0.39 is 6.03 Å². The molecular weight excluding hydrogens is 299 g/mol. The first-order chi connectivity index (χ1) is 11.1. The molecule has 0 aliphatic rings. The van der Waals surface area contributed by atoms with E-state index in [-0.39, 0.29) is 5.82 Å². The molecule has 2 N–H and O–H groups in total. The largest absolute Gasteiger partial charge is 0.497 e. The highest BCUT2D eigenvalue weighted by atomic mass is 19.1. The van der Waals surface area contributed by atoms with Crippen LogP contribution >= 0.6 is 0 Å². The van der Waals surface area contributed by atoms with Crippen LogP contribution in [0.15, 0.2) is 48.7 Å². The number of amides is 2. The number of hydrogen-bond donors (Lipinski definition) is 2. The maximum absolute atomic E-state index is 12.8. The third kappa shape index (κ3) is 4.74. The van der Waals surface area contributed by atoms with Crippen molar-refractivity contribution in [2.24, 2.45) is 0 Å². The molecule has 0 spiro atoms. The third-order valence-corrected chi connectivity index (χ3v) is 3.02. The summed E-state index contributed by atoms with van der Waals surface area (Å²) < 4.78 is 23.1. The van der Waals surface area contributed by atoms with Crippen LogP contribution in [0.5, 0.6) is 11.5 Å². The zero-order valence-corrected chi connectivity index (χ0v) is 12.8. The minimum atomic E-state index is -0.435. The quantitative estimate of drug-likeness (QED) is 0.885. The highest BCUT2D eigenvalue weighted by molar-refractivity contribution is 5.92.